The summed E-state index contributed by atoms with van der Waals surface area (Å²) < 4.78 is 71.2. The van der Waals surface area contributed by atoms with Crippen LogP contribution in [0.5, 0.6) is 5.75 Å². The molecular weight excluding hydrogens is 393 g/mol. The minimum absolute atomic E-state index is 0.0342. The minimum atomic E-state index is -4.84. The number of hydrogen-bond donors (Lipinski definition) is 1. The van der Waals surface area contributed by atoms with Gasteiger partial charge in [0.2, 0.25) is 5.95 Å². The van der Waals surface area contributed by atoms with Crippen LogP contribution in [0, 0.1) is 11.8 Å². The average molecular weight is 409 g/mol. The third kappa shape index (κ3) is 4.14. The Balaban J connectivity index is 1.34. The second kappa shape index (κ2) is 7.55. The van der Waals surface area contributed by atoms with E-state index in [0.29, 0.717) is 31.0 Å². The quantitative estimate of drug-likeness (QED) is 0.493. The SMILES string of the molecule is Fc1ccc2cnccc2c1CNC1CC(Oc2cnc(F)c(C(F)(F)F)c2)C1. The predicted octanol–water partition coefficient (Wildman–Crippen LogP) is 4.63. The fourth-order valence-electron chi connectivity index (χ4n) is 3.35. The predicted molar refractivity (Wildman–Crippen MR) is 95.2 cm³/mol. The molecule has 9 heteroatoms. The maximum absolute atomic E-state index is 14.2. The molecule has 1 aliphatic rings. The molecule has 4 rings (SSSR count). The lowest BCUT2D eigenvalue weighted by molar-refractivity contribution is -0.140. The summed E-state index contributed by atoms with van der Waals surface area (Å²) in [7, 11) is 0. The molecule has 1 saturated carbocycles. The third-order valence-electron chi connectivity index (χ3n) is 4.96. The average Bonchev–Trinajstić information content (AvgIpc) is 2.65. The van der Waals surface area contributed by atoms with Crippen LogP contribution in [0.25, 0.3) is 10.8 Å². The summed E-state index contributed by atoms with van der Waals surface area (Å²) in [5.41, 5.74) is -0.920. The summed E-state index contributed by atoms with van der Waals surface area (Å²) >= 11 is 0. The van der Waals surface area contributed by atoms with E-state index >= 15 is 0 Å². The first-order chi connectivity index (χ1) is 13.8. The summed E-state index contributed by atoms with van der Waals surface area (Å²) in [5, 5.41) is 4.85. The molecule has 0 amide bonds. The van der Waals surface area contributed by atoms with Crippen molar-refractivity contribution >= 4 is 10.8 Å². The lowest BCUT2D eigenvalue weighted by atomic mass is 9.89. The van der Waals surface area contributed by atoms with Gasteiger partial charge in [0.1, 0.15) is 23.2 Å². The minimum Gasteiger partial charge on any atom is -0.489 e. The molecule has 0 saturated heterocycles. The van der Waals surface area contributed by atoms with Gasteiger partial charge in [-0.25, -0.2) is 9.37 Å². The molecule has 0 bridgehead atoms. The number of nitrogens with one attached hydrogen (secondary N) is 1. The molecule has 0 unspecified atom stereocenters. The first-order valence-corrected chi connectivity index (χ1v) is 8.95. The summed E-state index contributed by atoms with van der Waals surface area (Å²) in [6, 6.07) is 5.46. The number of halogens is 5. The van der Waals surface area contributed by atoms with Crippen LogP contribution in [-0.4, -0.2) is 22.1 Å². The van der Waals surface area contributed by atoms with Crippen molar-refractivity contribution in [1.82, 2.24) is 15.3 Å². The molecule has 1 fully saturated rings. The van der Waals surface area contributed by atoms with Crippen LogP contribution < -0.4 is 10.1 Å². The fraction of sp³-hybridized carbons (Fsp3) is 0.300. The molecule has 0 atom stereocenters. The lowest BCUT2D eigenvalue weighted by Crippen LogP contribution is -2.46. The summed E-state index contributed by atoms with van der Waals surface area (Å²) in [6.45, 7) is 0.306. The van der Waals surface area contributed by atoms with Gasteiger partial charge in [0.25, 0.3) is 0 Å². The molecular formula is C20H16F5N3O. The second-order valence-electron chi connectivity index (χ2n) is 6.92. The van der Waals surface area contributed by atoms with Gasteiger partial charge in [-0.05, 0) is 42.5 Å². The fourth-order valence-corrected chi connectivity index (χ4v) is 3.35. The summed E-state index contributed by atoms with van der Waals surface area (Å²) in [6.07, 6.45) is 0.118. The number of rotatable bonds is 5. The molecule has 1 aliphatic carbocycles. The van der Waals surface area contributed by atoms with Crippen LogP contribution in [0.1, 0.15) is 24.0 Å². The molecule has 0 aliphatic heterocycles. The topological polar surface area (TPSA) is 47.0 Å². The number of alkyl halides is 3. The highest BCUT2D eigenvalue weighted by molar-refractivity contribution is 5.84. The monoisotopic (exact) mass is 409 g/mol. The van der Waals surface area contributed by atoms with Gasteiger partial charge in [0.05, 0.1) is 6.20 Å². The highest BCUT2D eigenvalue weighted by atomic mass is 19.4. The van der Waals surface area contributed by atoms with Gasteiger partial charge in [-0.15, -0.1) is 0 Å². The van der Waals surface area contributed by atoms with Crippen LogP contribution in [0.3, 0.4) is 0 Å². The van der Waals surface area contributed by atoms with E-state index in [1.54, 1.807) is 24.5 Å². The number of fused-ring (bicyclic) bond motifs is 1. The number of nitrogens with zero attached hydrogens (tertiary/aromatic N) is 2. The Bertz CT molecular complexity index is 1030. The van der Waals surface area contributed by atoms with Crippen molar-refractivity contribution in [3.8, 4) is 5.75 Å². The third-order valence-corrected chi connectivity index (χ3v) is 4.96. The van der Waals surface area contributed by atoms with Gasteiger partial charge in [0, 0.05) is 35.9 Å². The molecule has 1 aromatic carbocycles. The Hall–Kier alpha value is -2.81. The molecule has 0 radical (unpaired) electrons. The maximum atomic E-state index is 14.2. The van der Waals surface area contributed by atoms with Gasteiger partial charge < -0.3 is 10.1 Å². The van der Waals surface area contributed by atoms with Gasteiger partial charge in [-0.3, -0.25) is 4.98 Å². The smallest absolute Gasteiger partial charge is 0.420 e. The number of pyridine rings is 2. The highest BCUT2D eigenvalue weighted by Gasteiger charge is 2.36. The number of hydrogen-bond acceptors (Lipinski definition) is 4. The van der Waals surface area contributed by atoms with Crippen molar-refractivity contribution in [3.05, 3.63) is 65.7 Å². The van der Waals surface area contributed by atoms with Gasteiger partial charge in [-0.2, -0.15) is 17.6 Å². The van der Waals surface area contributed by atoms with Crippen LogP contribution in [0.15, 0.2) is 42.9 Å². The summed E-state index contributed by atoms with van der Waals surface area (Å²) in [5.74, 6) is -2.03. The van der Waals surface area contributed by atoms with Crippen LogP contribution in [0.4, 0.5) is 22.0 Å². The Morgan fingerprint density at radius 2 is 1.90 bits per heavy atom. The van der Waals surface area contributed by atoms with Gasteiger partial charge in [-0.1, -0.05) is 0 Å². The number of benzene rings is 1. The zero-order valence-electron chi connectivity index (χ0n) is 15.0. The Morgan fingerprint density at radius 3 is 2.66 bits per heavy atom. The zero-order chi connectivity index (χ0) is 20.6. The first kappa shape index (κ1) is 19.5. The van der Waals surface area contributed by atoms with Crippen LogP contribution >= 0.6 is 0 Å². The van der Waals surface area contributed by atoms with E-state index in [-0.39, 0.29) is 23.7 Å². The van der Waals surface area contributed by atoms with Crippen molar-refractivity contribution < 1.29 is 26.7 Å². The Labute approximate surface area is 162 Å². The Morgan fingerprint density at radius 1 is 1.10 bits per heavy atom. The molecule has 3 aromatic rings. The molecule has 4 nitrogen and oxygen atoms in total. The van der Waals surface area contributed by atoms with Crippen molar-refractivity contribution in [2.24, 2.45) is 0 Å². The van der Waals surface area contributed by atoms with E-state index in [0.717, 1.165) is 17.0 Å². The van der Waals surface area contributed by atoms with Crippen molar-refractivity contribution in [3.63, 3.8) is 0 Å². The normalized spacial score (nSPS) is 19.2. The van der Waals surface area contributed by atoms with Crippen molar-refractivity contribution in [2.75, 3.05) is 0 Å². The van der Waals surface area contributed by atoms with Crippen molar-refractivity contribution in [2.45, 2.75) is 37.7 Å². The largest absolute Gasteiger partial charge is 0.489 e. The molecule has 1 N–H and O–H groups in total. The highest BCUT2D eigenvalue weighted by Crippen LogP contribution is 2.34. The van der Waals surface area contributed by atoms with E-state index in [9.17, 15) is 22.0 Å². The Kier molecular flexibility index (Phi) is 5.08. The molecule has 29 heavy (non-hydrogen) atoms. The maximum Gasteiger partial charge on any atom is 0.420 e. The van der Waals surface area contributed by atoms with E-state index in [1.165, 1.54) is 6.07 Å². The number of ether oxygens (including phenoxy) is 1. The van der Waals surface area contributed by atoms with E-state index in [4.69, 9.17) is 4.74 Å². The second-order valence-corrected chi connectivity index (χ2v) is 6.92. The molecule has 2 heterocycles. The molecule has 2 aromatic heterocycles. The lowest BCUT2D eigenvalue weighted by Gasteiger charge is -2.36. The standard InChI is InChI=1S/C20H16F5N3O/c21-18-2-1-11-8-26-4-3-15(11)16(18)10-27-12-5-13(6-12)29-14-7-17(20(23,24)25)19(22)28-9-14/h1-4,7-9,12-13,27H,5-6,10H2. The zero-order valence-corrected chi connectivity index (χ0v) is 15.0. The van der Waals surface area contributed by atoms with Crippen LogP contribution in [-0.2, 0) is 12.7 Å². The first-order valence-electron chi connectivity index (χ1n) is 8.95. The van der Waals surface area contributed by atoms with Crippen molar-refractivity contribution in [1.29, 1.82) is 0 Å². The molecule has 0 spiro atoms. The molecule has 152 valence electrons. The summed E-state index contributed by atoms with van der Waals surface area (Å²) in [4.78, 5) is 7.14. The van der Waals surface area contributed by atoms with Gasteiger partial charge >= 0.3 is 6.18 Å². The number of aromatic nitrogens is 2. The van der Waals surface area contributed by atoms with E-state index < -0.39 is 17.7 Å². The van der Waals surface area contributed by atoms with Crippen LogP contribution in [0.2, 0.25) is 0 Å². The van der Waals surface area contributed by atoms with E-state index in [1.807, 2.05) is 0 Å². The van der Waals surface area contributed by atoms with E-state index in [2.05, 4.69) is 15.3 Å². The van der Waals surface area contributed by atoms with Gasteiger partial charge in [0.15, 0.2) is 0 Å².